The minimum Gasteiger partial charge on any atom is -0.492 e. The van der Waals surface area contributed by atoms with Crippen LogP contribution in [0, 0.1) is 0 Å². The van der Waals surface area contributed by atoms with E-state index in [0.717, 1.165) is 98.9 Å². The SMILES string of the molecule is CN1CCN(CCOc2ccc3c(c2)oc2ccc(OCCN4CCN(C)CC4)cc23)CC1.Cl.Cl. The first-order valence-electron chi connectivity index (χ1n) is 12.2. The minimum atomic E-state index is 0. The second-order valence-electron chi connectivity index (χ2n) is 9.40. The number of likely N-dealkylation sites (N-methyl/N-ethyl adjacent to an activating group) is 2. The number of fused-ring (bicyclic) bond motifs is 3. The highest BCUT2D eigenvalue weighted by Crippen LogP contribution is 2.33. The van der Waals surface area contributed by atoms with E-state index in [4.69, 9.17) is 13.9 Å². The molecule has 0 spiro atoms. The summed E-state index contributed by atoms with van der Waals surface area (Å²) in [5.74, 6) is 1.76. The quantitative estimate of drug-likeness (QED) is 0.445. The van der Waals surface area contributed by atoms with Crippen molar-refractivity contribution in [1.82, 2.24) is 19.6 Å². The standard InChI is InChI=1S/C26H36N4O3.2ClH/c1-27-7-11-29(12-8-27)15-17-31-21-4-6-25-24(19-21)23-5-3-22(20-26(23)33-25)32-18-16-30-13-9-28(2)10-14-30;;/h3-6,19-20H,7-18H2,1-2H3;2*1H. The van der Waals surface area contributed by atoms with Gasteiger partial charge in [-0.05, 0) is 44.4 Å². The van der Waals surface area contributed by atoms with Crippen molar-refractivity contribution in [2.75, 3.05) is 92.8 Å². The number of hydrogen-bond donors (Lipinski definition) is 0. The Morgan fingerprint density at radius 1 is 0.629 bits per heavy atom. The first-order valence-corrected chi connectivity index (χ1v) is 12.2. The van der Waals surface area contributed by atoms with Crippen LogP contribution >= 0.6 is 24.8 Å². The summed E-state index contributed by atoms with van der Waals surface area (Å²) in [4.78, 5) is 9.68. The first-order chi connectivity index (χ1) is 16.1. The summed E-state index contributed by atoms with van der Waals surface area (Å²) in [6, 6.07) is 12.3. The Hall–Kier alpha value is -1.74. The number of halogens is 2. The van der Waals surface area contributed by atoms with Crippen molar-refractivity contribution in [1.29, 1.82) is 0 Å². The molecule has 0 atom stereocenters. The molecule has 2 aliphatic heterocycles. The van der Waals surface area contributed by atoms with Crippen molar-refractivity contribution in [3.8, 4) is 11.5 Å². The molecule has 0 aliphatic carbocycles. The van der Waals surface area contributed by atoms with Crippen LogP contribution in [0.5, 0.6) is 11.5 Å². The zero-order valence-electron chi connectivity index (χ0n) is 20.8. The van der Waals surface area contributed by atoms with E-state index in [0.29, 0.717) is 13.2 Å². The van der Waals surface area contributed by atoms with Crippen LogP contribution in [0.3, 0.4) is 0 Å². The van der Waals surface area contributed by atoms with E-state index in [1.165, 1.54) is 0 Å². The highest BCUT2D eigenvalue weighted by Gasteiger charge is 2.15. The number of benzene rings is 2. The van der Waals surface area contributed by atoms with Crippen LogP contribution in [0.25, 0.3) is 21.9 Å². The average Bonchev–Trinajstić information content (AvgIpc) is 3.19. The van der Waals surface area contributed by atoms with Gasteiger partial charge in [0.2, 0.25) is 0 Å². The molecule has 3 aromatic rings. The third-order valence-corrected chi connectivity index (χ3v) is 6.96. The van der Waals surface area contributed by atoms with Crippen LogP contribution in [-0.4, -0.2) is 112 Å². The fraction of sp³-hybridized carbons (Fsp3) is 0.538. The van der Waals surface area contributed by atoms with E-state index >= 15 is 0 Å². The fourth-order valence-corrected chi connectivity index (χ4v) is 4.64. The first kappa shape index (κ1) is 27.8. The van der Waals surface area contributed by atoms with Gasteiger partial charge in [-0.1, -0.05) is 0 Å². The fourth-order valence-electron chi connectivity index (χ4n) is 4.64. The van der Waals surface area contributed by atoms with E-state index < -0.39 is 0 Å². The molecule has 35 heavy (non-hydrogen) atoms. The highest BCUT2D eigenvalue weighted by molar-refractivity contribution is 6.05. The molecule has 1 aromatic heterocycles. The van der Waals surface area contributed by atoms with Crippen molar-refractivity contribution in [2.45, 2.75) is 0 Å². The Morgan fingerprint density at radius 2 is 1.14 bits per heavy atom. The third-order valence-electron chi connectivity index (χ3n) is 6.96. The topological polar surface area (TPSA) is 44.6 Å². The van der Waals surface area contributed by atoms with Gasteiger partial charge in [-0.2, -0.15) is 0 Å². The number of ether oxygens (including phenoxy) is 2. The van der Waals surface area contributed by atoms with Crippen molar-refractivity contribution in [2.24, 2.45) is 0 Å². The molecule has 7 nitrogen and oxygen atoms in total. The van der Waals surface area contributed by atoms with Crippen LogP contribution in [0.1, 0.15) is 0 Å². The molecule has 0 amide bonds. The molecule has 0 bridgehead atoms. The van der Waals surface area contributed by atoms with Gasteiger partial charge in [0.1, 0.15) is 35.9 Å². The summed E-state index contributed by atoms with van der Waals surface area (Å²) in [5, 5.41) is 2.19. The summed E-state index contributed by atoms with van der Waals surface area (Å²) < 4.78 is 18.2. The predicted molar refractivity (Wildman–Crippen MR) is 147 cm³/mol. The molecule has 0 radical (unpaired) electrons. The Labute approximate surface area is 220 Å². The Morgan fingerprint density at radius 3 is 1.71 bits per heavy atom. The van der Waals surface area contributed by atoms with Crippen LogP contribution in [0.15, 0.2) is 40.8 Å². The summed E-state index contributed by atoms with van der Waals surface area (Å²) in [6.07, 6.45) is 0. The monoisotopic (exact) mass is 524 g/mol. The summed E-state index contributed by atoms with van der Waals surface area (Å²) in [6.45, 7) is 12.3. The van der Waals surface area contributed by atoms with E-state index in [-0.39, 0.29) is 24.8 Å². The molecule has 9 heteroatoms. The van der Waals surface area contributed by atoms with Gasteiger partial charge in [-0.25, -0.2) is 0 Å². The molecule has 5 rings (SSSR count). The Kier molecular flexibility index (Phi) is 10.3. The van der Waals surface area contributed by atoms with Gasteiger partial charge in [0.25, 0.3) is 0 Å². The van der Waals surface area contributed by atoms with E-state index in [1.54, 1.807) is 0 Å². The van der Waals surface area contributed by atoms with Crippen molar-refractivity contribution in [3.05, 3.63) is 36.4 Å². The van der Waals surface area contributed by atoms with Gasteiger partial charge in [0.15, 0.2) is 0 Å². The highest BCUT2D eigenvalue weighted by atomic mass is 35.5. The lowest BCUT2D eigenvalue weighted by atomic mass is 10.1. The molecular formula is C26H38Cl2N4O3. The second-order valence-corrected chi connectivity index (χ2v) is 9.40. The van der Waals surface area contributed by atoms with Crippen LogP contribution in [0.2, 0.25) is 0 Å². The van der Waals surface area contributed by atoms with Crippen LogP contribution in [0.4, 0.5) is 0 Å². The molecular weight excluding hydrogens is 487 g/mol. The van der Waals surface area contributed by atoms with E-state index in [1.807, 2.05) is 24.3 Å². The average molecular weight is 526 g/mol. The molecule has 3 heterocycles. The smallest absolute Gasteiger partial charge is 0.139 e. The van der Waals surface area contributed by atoms with E-state index in [9.17, 15) is 0 Å². The third kappa shape index (κ3) is 7.15. The maximum Gasteiger partial charge on any atom is 0.139 e. The Bertz CT molecular complexity index is 1060. The van der Waals surface area contributed by atoms with Crippen molar-refractivity contribution in [3.63, 3.8) is 0 Å². The minimum absolute atomic E-state index is 0. The maximum absolute atomic E-state index is 6.10. The van der Waals surface area contributed by atoms with Crippen LogP contribution in [-0.2, 0) is 0 Å². The zero-order valence-corrected chi connectivity index (χ0v) is 22.4. The van der Waals surface area contributed by atoms with Gasteiger partial charge < -0.3 is 23.7 Å². The second kappa shape index (κ2) is 13.0. The molecule has 2 aliphatic rings. The molecule has 0 unspecified atom stereocenters. The van der Waals surface area contributed by atoms with Gasteiger partial charge >= 0.3 is 0 Å². The van der Waals surface area contributed by atoms with Crippen molar-refractivity contribution < 1.29 is 13.9 Å². The van der Waals surface area contributed by atoms with Crippen LogP contribution < -0.4 is 9.47 Å². The molecule has 2 aromatic carbocycles. The summed E-state index contributed by atoms with van der Waals surface area (Å²) in [7, 11) is 4.36. The van der Waals surface area contributed by atoms with Crippen molar-refractivity contribution >= 4 is 46.8 Å². The van der Waals surface area contributed by atoms with Gasteiger partial charge in [-0.15, -0.1) is 24.8 Å². The lowest BCUT2D eigenvalue weighted by Crippen LogP contribution is -2.45. The van der Waals surface area contributed by atoms with Gasteiger partial charge in [-0.3, -0.25) is 9.80 Å². The number of furan rings is 1. The van der Waals surface area contributed by atoms with E-state index in [2.05, 4.69) is 45.8 Å². The molecule has 2 fully saturated rings. The predicted octanol–water partition coefficient (Wildman–Crippen LogP) is 3.68. The Balaban J connectivity index is 0.00000171. The largest absolute Gasteiger partial charge is 0.492 e. The zero-order chi connectivity index (χ0) is 22.6. The molecule has 0 N–H and O–H groups in total. The molecule has 2 saturated heterocycles. The number of rotatable bonds is 8. The van der Waals surface area contributed by atoms with Gasteiger partial charge in [0.05, 0.1) is 0 Å². The molecule has 194 valence electrons. The number of hydrogen-bond acceptors (Lipinski definition) is 7. The summed E-state index contributed by atoms with van der Waals surface area (Å²) in [5.41, 5.74) is 1.74. The normalized spacial score (nSPS) is 18.3. The maximum atomic E-state index is 6.10. The molecule has 0 saturated carbocycles. The number of piperazine rings is 2. The summed E-state index contributed by atoms with van der Waals surface area (Å²) >= 11 is 0. The lowest BCUT2D eigenvalue weighted by molar-refractivity contribution is 0.134. The number of nitrogens with zero attached hydrogens (tertiary/aromatic N) is 4. The van der Waals surface area contributed by atoms with Gasteiger partial charge in [0, 0.05) is 82.3 Å². The lowest BCUT2D eigenvalue weighted by Gasteiger charge is -2.32.